The highest BCUT2D eigenvalue weighted by Gasteiger charge is 2.28. The molecule has 178 valence electrons. The summed E-state index contributed by atoms with van der Waals surface area (Å²) in [5, 5.41) is 3.08. The third-order valence-corrected chi connectivity index (χ3v) is 6.62. The number of ether oxygens (including phenoxy) is 1. The maximum absolute atomic E-state index is 12.9. The number of para-hydroxylation sites is 3. The number of rotatable bonds is 6. The Balaban J connectivity index is 1.33. The number of amides is 1. The zero-order chi connectivity index (χ0) is 24.2. The van der Waals surface area contributed by atoms with Gasteiger partial charge in [0.1, 0.15) is 5.75 Å². The largest absolute Gasteiger partial charge is 0.436 e. The molecule has 1 fully saturated rings. The summed E-state index contributed by atoms with van der Waals surface area (Å²) in [6.07, 6.45) is 2.48. The molecule has 6 nitrogen and oxygen atoms in total. The second-order valence-corrected chi connectivity index (χ2v) is 9.01. The maximum atomic E-state index is 12.9. The lowest BCUT2D eigenvalue weighted by Gasteiger charge is -2.32. The Morgan fingerprint density at radius 3 is 2.29 bits per heavy atom. The third kappa shape index (κ3) is 5.11. The summed E-state index contributed by atoms with van der Waals surface area (Å²) in [5.41, 5.74) is 4.77. The average molecular weight is 467 g/mol. The molecule has 0 bridgehead atoms. The minimum Gasteiger partial charge on any atom is -0.436 e. The molecular weight excluding hydrogens is 436 g/mol. The summed E-state index contributed by atoms with van der Waals surface area (Å²) in [7, 11) is 0. The van der Waals surface area contributed by atoms with E-state index in [1.165, 1.54) is 5.56 Å². The van der Waals surface area contributed by atoms with E-state index >= 15 is 0 Å². The Morgan fingerprint density at radius 2 is 1.60 bits per heavy atom. The fourth-order valence-electron chi connectivity index (χ4n) is 4.45. The van der Waals surface area contributed by atoms with Crippen LogP contribution >= 0.6 is 0 Å². The van der Waals surface area contributed by atoms with Gasteiger partial charge in [0.25, 0.3) is 5.88 Å². The Morgan fingerprint density at radius 1 is 0.943 bits per heavy atom. The normalized spacial score (nSPS) is 14.2. The molecule has 0 saturated carbocycles. The number of nitrogens with one attached hydrogen (secondary N) is 1. The molecule has 1 N–H and O–H groups in total. The van der Waals surface area contributed by atoms with Crippen LogP contribution in [0.4, 0.5) is 11.5 Å². The molecule has 0 spiro atoms. The molecule has 1 amide bonds. The van der Waals surface area contributed by atoms with E-state index in [1.54, 1.807) is 0 Å². The molecule has 6 heteroatoms. The van der Waals surface area contributed by atoms with Gasteiger partial charge in [-0.2, -0.15) is 0 Å². The third-order valence-electron chi connectivity index (χ3n) is 6.62. The van der Waals surface area contributed by atoms with Crippen LogP contribution in [0.2, 0.25) is 0 Å². The summed E-state index contributed by atoms with van der Waals surface area (Å²) in [6.45, 7) is 5.57. The number of piperidine rings is 1. The van der Waals surface area contributed by atoms with Gasteiger partial charge in [0, 0.05) is 24.7 Å². The van der Waals surface area contributed by atoms with Crippen LogP contribution in [0.5, 0.6) is 11.6 Å². The number of hydrogen-bond acceptors (Lipinski definition) is 5. The van der Waals surface area contributed by atoms with Gasteiger partial charge in [0.15, 0.2) is 5.82 Å². The molecule has 0 aliphatic carbocycles. The van der Waals surface area contributed by atoms with Gasteiger partial charge in [0.05, 0.1) is 11.0 Å². The standard InChI is InChI=1S/C29H30N4O2/c1-3-21-12-14-23(15-13-21)30-28(34)22-16-18-33(19-17-22)27-29(35-26-11-7-4-8-20(26)2)32-25-10-6-5-9-24(25)31-27/h4-15,22H,3,16-19H2,1-2H3,(H,30,34). The van der Waals surface area contributed by atoms with E-state index in [9.17, 15) is 4.79 Å². The molecule has 1 aliphatic rings. The fraction of sp³-hybridized carbons (Fsp3) is 0.276. The highest BCUT2D eigenvalue weighted by molar-refractivity contribution is 5.92. The second-order valence-electron chi connectivity index (χ2n) is 9.01. The van der Waals surface area contributed by atoms with Crippen molar-refractivity contribution in [1.29, 1.82) is 0 Å². The van der Waals surface area contributed by atoms with E-state index in [-0.39, 0.29) is 11.8 Å². The first-order valence-corrected chi connectivity index (χ1v) is 12.3. The Bertz CT molecular complexity index is 1330. The zero-order valence-corrected chi connectivity index (χ0v) is 20.2. The highest BCUT2D eigenvalue weighted by Crippen LogP contribution is 2.34. The molecule has 1 saturated heterocycles. The molecule has 0 radical (unpaired) electrons. The first kappa shape index (κ1) is 22.8. The van der Waals surface area contributed by atoms with Gasteiger partial charge in [-0.1, -0.05) is 49.4 Å². The molecular formula is C29H30N4O2. The Kier molecular flexibility index (Phi) is 6.62. The van der Waals surface area contributed by atoms with E-state index < -0.39 is 0 Å². The van der Waals surface area contributed by atoms with Gasteiger partial charge in [-0.05, 0) is 67.6 Å². The van der Waals surface area contributed by atoms with Crippen molar-refractivity contribution in [2.24, 2.45) is 5.92 Å². The molecule has 1 aliphatic heterocycles. The highest BCUT2D eigenvalue weighted by atomic mass is 16.5. The van der Waals surface area contributed by atoms with Crippen LogP contribution in [0.25, 0.3) is 11.0 Å². The van der Waals surface area contributed by atoms with Crippen LogP contribution in [0.15, 0.2) is 72.8 Å². The van der Waals surface area contributed by atoms with Crippen LogP contribution in [0, 0.1) is 12.8 Å². The zero-order valence-electron chi connectivity index (χ0n) is 20.2. The first-order valence-electron chi connectivity index (χ1n) is 12.3. The monoisotopic (exact) mass is 466 g/mol. The van der Waals surface area contributed by atoms with Crippen LogP contribution in [-0.4, -0.2) is 29.0 Å². The van der Waals surface area contributed by atoms with Crippen LogP contribution in [-0.2, 0) is 11.2 Å². The predicted octanol–water partition coefficient (Wildman–Crippen LogP) is 6.15. The fourth-order valence-corrected chi connectivity index (χ4v) is 4.45. The lowest BCUT2D eigenvalue weighted by Crippen LogP contribution is -2.38. The smallest absolute Gasteiger partial charge is 0.263 e. The number of fused-ring (bicyclic) bond motifs is 1. The van der Waals surface area contributed by atoms with Crippen molar-refractivity contribution >= 4 is 28.4 Å². The summed E-state index contributed by atoms with van der Waals surface area (Å²) in [5.74, 6) is 2.03. The Hall–Kier alpha value is -3.93. The number of benzene rings is 3. The molecule has 0 atom stereocenters. The number of carbonyl (C=O) groups excluding carboxylic acids is 1. The van der Waals surface area contributed by atoms with Gasteiger partial charge in [-0.3, -0.25) is 4.79 Å². The molecule has 35 heavy (non-hydrogen) atoms. The molecule has 3 aromatic carbocycles. The summed E-state index contributed by atoms with van der Waals surface area (Å²) < 4.78 is 6.28. The number of carbonyl (C=O) groups is 1. The minimum atomic E-state index is -0.0359. The molecule has 1 aromatic heterocycles. The summed E-state index contributed by atoms with van der Waals surface area (Å²) in [4.78, 5) is 24.8. The quantitative estimate of drug-likeness (QED) is 0.369. The first-order chi connectivity index (χ1) is 17.1. The second kappa shape index (κ2) is 10.1. The van der Waals surface area contributed by atoms with Gasteiger partial charge in [-0.25, -0.2) is 9.97 Å². The lowest BCUT2D eigenvalue weighted by atomic mass is 9.95. The van der Waals surface area contributed by atoms with E-state index in [1.807, 2.05) is 67.6 Å². The number of aromatic nitrogens is 2. The van der Waals surface area contributed by atoms with Crippen LogP contribution < -0.4 is 15.0 Å². The minimum absolute atomic E-state index is 0.0359. The topological polar surface area (TPSA) is 67.4 Å². The van der Waals surface area contributed by atoms with Crippen molar-refractivity contribution in [3.05, 3.63) is 83.9 Å². The molecule has 2 heterocycles. The number of hydrogen-bond donors (Lipinski definition) is 1. The van der Waals surface area contributed by atoms with Gasteiger partial charge < -0.3 is 15.0 Å². The van der Waals surface area contributed by atoms with Crippen LogP contribution in [0.3, 0.4) is 0 Å². The molecule has 5 rings (SSSR count). The summed E-state index contributed by atoms with van der Waals surface area (Å²) >= 11 is 0. The van der Waals surface area contributed by atoms with E-state index in [0.29, 0.717) is 19.0 Å². The SMILES string of the molecule is CCc1ccc(NC(=O)C2CCN(c3nc4ccccc4nc3Oc3ccccc3C)CC2)cc1. The number of nitrogens with zero attached hydrogens (tertiary/aromatic N) is 3. The van der Waals surface area contributed by atoms with Gasteiger partial charge >= 0.3 is 0 Å². The van der Waals surface area contributed by atoms with Crippen molar-refractivity contribution in [3.8, 4) is 11.6 Å². The van der Waals surface area contributed by atoms with E-state index in [2.05, 4.69) is 29.3 Å². The van der Waals surface area contributed by atoms with E-state index in [0.717, 1.165) is 53.1 Å². The van der Waals surface area contributed by atoms with Crippen molar-refractivity contribution in [2.75, 3.05) is 23.3 Å². The molecule has 4 aromatic rings. The summed E-state index contributed by atoms with van der Waals surface area (Å²) in [6, 6.07) is 23.8. The van der Waals surface area contributed by atoms with Gasteiger partial charge in [0.2, 0.25) is 5.91 Å². The van der Waals surface area contributed by atoms with Crippen molar-refractivity contribution in [3.63, 3.8) is 0 Å². The van der Waals surface area contributed by atoms with Crippen LogP contribution in [0.1, 0.15) is 30.9 Å². The lowest BCUT2D eigenvalue weighted by molar-refractivity contribution is -0.120. The number of aryl methyl sites for hydroxylation is 2. The maximum Gasteiger partial charge on any atom is 0.263 e. The Labute approximate surface area is 206 Å². The number of anilines is 2. The van der Waals surface area contributed by atoms with Crippen molar-refractivity contribution < 1.29 is 9.53 Å². The van der Waals surface area contributed by atoms with Crippen molar-refractivity contribution in [2.45, 2.75) is 33.1 Å². The average Bonchev–Trinajstić information content (AvgIpc) is 2.90. The molecule has 0 unspecified atom stereocenters. The van der Waals surface area contributed by atoms with Crippen molar-refractivity contribution in [1.82, 2.24) is 9.97 Å². The van der Waals surface area contributed by atoms with E-state index in [4.69, 9.17) is 14.7 Å². The predicted molar refractivity (Wildman–Crippen MR) is 140 cm³/mol. The van der Waals surface area contributed by atoms with Gasteiger partial charge in [-0.15, -0.1) is 0 Å².